The van der Waals surface area contributed by atoms with Crippen LogP contribution in [0.5, 0.6) is 0 Å². The lowest BCUT2D eigenvalue weighted by Crippen LogP contribution is -2.13. The predicted octanol–water partition coefficient (Wildman–Crippen LogP) is 4.13. The Balaban J connectivity index is 1.72. The van der Waals surface area contributed by atoms with E-state index in [4.69, 9.17) is 0 Å². The number of aromatic nitrogens is 1. The van der Waals surface area contributed by atoms with Gasteiger partial charge in [-0.25, -0.2) is 4.98 Å². The third-order valence-corrected chi connectivity index (χ3v) is 4.20. The minimum absolute atomic E-state index is 0.149. The molecule has 116 valence electrons. The summed E-state index contributed by atoms with van der Waals surface area (Å²) in [6.45, 7) is 0. The van der Waals surface area contributed by atoms with Gasteiger partial charge in [0.25, 0.3) is 5.91 Å². The van der Waals surface area contributed by atoms with E-state index in [1.54, 1.807) is 0 Å². The van der Waals surface area contributed by atoms with Crippen molar-refractivity contribution in [1.29, 1.82) is 0 Å². The Bertz CT molecular complexity index is 795. The number of amides is 1. The standard InChI is InChI=1S/C18H17N3OS/c1-21(2)15-10-8-14(9-11-15)17(22)20-18-19-16(12-23-18)13-6-4-3-5-7-13/h3-12H,1-2H3,(H,19,20,22). The number of carbonyl (C=O) groups is 1. The SMILES string of the molecule is CN(C)c1ccc(C(=O)Nc2nc(-c3ccccc3)cs2)cc1. The quantitative estimate of drug-likeness (QED) is 0.785. The number of nitrogens with one attached hydrogen (secondary N) is 1. The maximum atomic E-state index is 12.3. The van der Waals surface area contributed by atoms with Crippen LogP contribution in [0.4, 0.5) is 10.8 Å². The van der Waals surface area contributed by atoms with Crippen LogP contribution in [0.3, 0.4) is 0 Å². The maximum Gasteiger partial charge on any atom is 0.257 e. The molecule has 0 radical (unpaired) electrons. The molecule has 0 saturated carbocycles. The molecule has 23 heavy (non-hydrogen) atoms. The molecule has 1 N–H and O–H groups in total. The van der Waals surface area contributed by atoms with Crippen molar-refractivity contribution in [2.45, 2.75) is 0 Å². The van der Waals surface area contributed by atoms with E-state index >= 15 is 0 Å². The molecule has 3 rings (SSSR count). The first-order valence-corrected chi connectivity index (χ1v) is 8.11. The zero-order chi connectivity index (χ0) is 16.2. The number of hydrogen-bond acceptors (Lipinski definition) is 4. The molecule has 1 heterocycles. The summed E-state index contributed by atoms with van der Waals surface area (Å²) in [5.41, 5.74) is 3.59. The van der Waals surface area contributed by atoms with Gasteiger partial charge in [-0.15, -0.1) is 11.3 Å². The van der Waals surface area contributed by atoms with Crippen molar-refractivity contribution in [2.75, 3.05) is 24.3 Å². The first-order chi connectivity index (χ1) is 11.1. The Kier molecular flexibility index (Phi) is 4.39. The van der Waals surface area contributed by atoms with E-state index in [0.717, 1.165) is 16.9 Å². The van der Waals surface area contributed by atoms with Gasteiger partial charge < -0.3 is 4.90 Å². The first kappa shape index (κ1) is 15.2. The fourth-order valence-corrected chi connectivity index (χ4v) is 2.87. The van der Waals surface area contributed by atoms with E-state index < -0.39 is 0 Å². The zero-order valence-electron chi connectivity index (χ0n) is 13.0. The number of nitrogens with zero attached hydrogens (tertiary/aromatic N) is 2. The molecule has 1 aromatic heterocycles. The van der Waals surface area contributed by atoms with Crippen LogP contribution in [-0.4, -0.2) is 25.0 Å². The highest BCUT2D eigenvalue weighted by Gasteiger charge is 2.10. The van der Waals surface area contributed by atoms with Crippen molar-refractivity contribution in [3.63, 3.8) is 0 Å². The molecule has 0 atom stereocenters. The summed E-state index contributed by atoms with van der Waals surface area (Å²) < 4.78 is 0. The molecular formula is C18H17N3OS. The van der Waals surface area contributed by atoms with Crippen molar-refractivity contribution < 1.29 is 4.79 Å². The van der Waals surface area contributed by atoms with Gasteiger partial charge in [-0.2, -0.15) is 0 Å². The molecule has 0 bridgehead atoms. The van der Waals surface area contributed by atoms with Crippen molar-refractivity contribution in [3.05, 3.63) is 65.5 Å². The molecule has 2 aromatic carbocycles. The Hall–Kier alpha value is -2.66. The van der Waals surface area contributed by atoms with Crippen molar-refractivity contribution in [3.8, 4) is 11.3 Å². The van der Waals surface area contributed by atoms with Gasteiger partial charge in [0.2, 0.25) is 0 Å². The minimum atomic E-state index is -0.149. The van der Waals surface area contributed by atoms with Gasteiger partial charge in [-0.05, 0) is 24.3 Å². The molecule has 1 amide bonds. The fraction of sp³-hybridized carbons (Fsp3) is 0.111. The van der Waals surface area contributed by atoms with E-state index in [2.05, 4.69) is 10.3 Å². The normalized spacial score (nSPS) is 10.3. The van der Waals surface area contributed by atoms with Gasteiger partial charge in [-0.1, -0.05) is 30.3 Å². The molecular weight excluding hydrogens is 306 g/mol. The number of benzene rings is 2. The van der Waals surface area contributed by atoms with Crippen molar-refractivity contribution in [1.82, 2.24) is 4.98 Å². The lowest BCUT2D eigenvalue weighted by molar-refractivity contribution is 0.102. The van der Waals surface area contributed by atoms with Crippen LogP contribution in [0.25, 0.3) is 11.3 Å². The summed E-state index contributed by atoms with van der Waals surface area (Å²) in [4.78, 5) is 18.7. The highest BCUT2D eigenvalue weighted by molar-refractivity contribution is 7.14. The Morgan fingerprint density at radius 2 is 1.74 bits per heavy atom. The van der Waals surface area contributed by atoms with Crippen molar-refractivity contribution >= 4 is 28.1 Å². The average molecular weight is 323 g/mol. The van der Waals surface area contributed by atoms with Gasteiger partial charge in [-0.3, -0.25) is 10.1 Å². The van der Waals surface area contributed by atoms with E-state index in [1.807, 2.05) is 79.0 Å². The van der Waals surface area contributed by atoms with Crippen molar-refractivity contribution in [2.24, 2.45) is 0 Å². The number of rotatable bonds is 4. The lowest BCUT2D eigenvalue weighted by Gasteiger charge is -2.12. The van der Waals surface area contributed by atoms with Gasteiger partial charge in [0.1, 0.15) is 0 Å². The number of thiazole rings is 1. The Morgan fingerprint density at radius 1 is 1.04 bits per heavy atom. The summed E-state index contributed by atoms with van der Waals surface area (Å²) >= 11 is 1.42. The molecule has 4 nitrogen and oxygen atoms in total. The molecule has 0 fully saturated rings. The molecule has 0 aliphatic heterocycles. The van der Waals surface area contributed by atoms with Crippen LogP contribution in [0.2, 0.25) is 0 Å². The predicted molar refractivity (Wildman–Crippen MR) is 96.3 cm³/mol. The highest BCUT2D eigenvalue weighted by Crippen LogP contribution is 2.25. The molecule has 0 spiro atoms. The molecule has 0 aliphatic rings. The molecule has 3 aromatic rings. The van der Waals surface area contributed by atoms with Crippen LogP contribution >= 0.6 is 11.3 Å². The largest absolute Gasteiger partial charge is 0.378 e. The van der Waals surface area contributed by atoms with Gasteiger partial charge in [0.05, 0.1) is 5.69 Å². The number of carbonyl (C=O) groups excluding carboxylic acids is 1. The molecule has 0 aliphatic carbocycles. The Labute approximate surface area is 139 Å². The Morgan fingerprint density at radius 3 is 2.39 bits per heavy atom. The van der Waals surface area contributed by atoms with Crippen LogP contribution < -0.4 is 10.2 Å². The second-order valence-electron chi connectivity index (χ2n) is 5.30. The van der Waals surface area contributed by atoms with Crippen LogP contribution in [0.1, 0.15) is 10.4 Å². The third kappa shape index (κ3) is 3.57. The monoisotopic (exact) mass is 323 g/mol. The van der Waals surface area contributed by atoms with E-state index in [-0.39, 0.29) is 5.91 Å². The number of anilines is 2. The smallest absolute Gasteiger partial charge is 0.257 e. The summed E-state index contributed by atoms with van der Waals surface area (Å²) in [5, 5.41) is 5.40. The van der Waals surface area contributed by atoms with Crippen LogP contribution in [0.15, 0.2) is 60.0 Å². The second kappa shape index (κ2) is 6.62. The molecule has 5 heteroatoms. The zero-order valence-corrected chi connectivity index (χ0v) is 13.8. The number of hydrogen-bond donors (Lipinski definition) is 1. The van der Waals surface area contributed by atoms with Gasteiger partial charge >= 0.3 is 0 Å². The van der Waals surface area contributed by atoms with Gasteiger partial charge in [0, 0.05) is 36.3 Å². The summed E-state index contributed by atoms with van der Waals surface area (Å²) in [6, 6.07) is 17.4. The average Bonchev–Trinajstić information content (AvgIpc) is 3.04. The van der Waals surface area contributed by atoms with E-state index in [9.17, 15) is 4.79 Å². The summed E-state index contributed by atoms with van der Waals surface area (Å²) in [5.74, 6) is -0.149. The topological polar surface area (TPSA) is 45.2 Å². The summed E-state index contributed by atoms with van der Waals surface area (Å²) in [7, 11) is 3.94. The second-order valence-corrected chi connectivity index (χ2v) is 6.16. The molecule has 0 unspecified atom stereocenters. The highest BCUT2D eigenvalue weighted by atomic mass is 32.1. The fourth-order valence-electron chi connectivity index (χ4n) is 2.15. The van der Waals surface area contributed by atoms with E-state index in [0.29, 0.717) is 10.7 Å². The van der Waals surface area contributed by atoms with Gasteiger partial charge in [0.15, 0.2) is 5.13 Å². The first-order valence-electron chi connectivity index (χ1n) is 7.23. The maximum absolute atomic E-state index is 12.3. The van der Waals surface area contributed by atoms with E-state index in [1.165, 1.54) is 11.3 Å². The summed E-state index contributed by atoms with van der Waals surface area (Å²) in [6.07, 6.45) is 0. The lowest BCUT2D eigenvalue weighted by atomic mass is 10.2. The third-order valence-electron chi connectivity index (χ3n) is 3.44. The molecule has 0 saturated heterocycles. The minimum Gasteiger partial charge on any atom is -0.378 e. The van der Waals surface area contributed by atoms with Crippen LogP contribution in [-0.2, 0) is 0 Å². The van der Waals surface area contributed by atoms with Crippen LogP contribution in [0, 0.1) is 0 Å².